The molecule has 0 aromatic heterocycles. The van der Waals surface area contributed by atoms with Gasteiger partial charge in [-0.3, -0.25) is 0 Å². The molecule has 1 aromatic rings. The standard InChI is InChI=1S/C12H15Br2F/c1-9-3-4-11(15)5-10(9)6-12(2,7-13)8-14/h3-5H,6-8H2,1-2H3. The molecule has 0 bridgehead atoms. The predicted octanol–water partition coefficient (Wildman–Crippen LogP) is 4.47. The van der Waals surface area contributed by atoms with Crippen molar-refractivity contribution in [3.63, 3.8) is 0 Å². The molecule has 3 heteroatoms. The van der Waals surface area contributed by atoms with E-state index in [9.17, 15) is 4.39 Å². The largest absolute Gasteiger partial charge is 0.207 e. The molecule has 84 valence electrons. The summed E-state index contributed by atoms with van der Waals surface area (Å²) in [4.78, 5) is 0. The normalized spacial score (nSPS) is 11.8. The van der Waals surface area contributed by atoms with Crippen molar-refractivity contribution in [1.82, 2.24) is 0 Å². The maximum Gasteiger partial charge on any atom is 0.123 e. The Kier molecular flexibility index (Phi) is 4.78. The van der Waals surface area contributed by atoms with E-state index in [-0.39, 0.29) is 11.2 Å². The van der Waals surface area contributed by atoms with E-state index in [0.717, 1.165) is 28.2 Å². The average Bonchev–Trinajstić information content (AvgIpc) is 2.23. The molecular formula is C12H15Br2F. The third kappa shape index (κ3) is 3.56. The summed E-state index contributed by atoms with van der Waals surface area (Å²) in [7, 11) is 0. The van der Waals surface area contributed by atoms with Crippen LogP contribution in [0.2, 0.25) is 0 Å². The lowest BCUT2D eigenvalue weighted by Gasteiger charge is -2.25. The Bertz CT molecular complexity index is 332. The molecule has 0 nitrogen and oxygen atoms in total. The minimum atomic E-state index is -0.151. The Morgan fingerprint density at radius 1 is 1.27 bits per heavy atom. The van der Waals surface area contributed by atoms with Crippen molar-refractivity contribution >= 4 is 31.9 Å². The molecule has 0 N–H and O–H groups in total. The molecular weight excluding hydrogens is 323 g/mol. The molecule has 0 saturated carbocycles. The second-order valence-electron chi connectivity index (χ2n) is 4.33. The second kappa shape index (κ2) is 5.44. The highest BCUT2D eigenvalue weighted by molar-refractivity contribution is 9.09. The van der Waals surface area contributed by atoms with Gasteiger partial charge in [0.2, 0.25) is 0 Å². The highest BCUT2D eigenvalue weighted by Gasteiger charge is 2.22. The summed E-state index contributed by atoms with van der Waals surface area (Å²) in [6, 6.07) is 4.99. The molecule has 0 aliphatic heterocycles. The SMILES string of the molecule is Cc1ccc(F)cc1CC(C)(CBr)CBr. The molecule has 0 saturated heterocycles. The van der Waals surface area contributed by atoms with E-state index in [1.807, 2.05) is 13.0 Å². The van der Waals surface area contributed by atoms with Gasteiger partial charge in [-0.2, -0.15) is 0 Å². The van der Waals surface area contributed by atoms with Crippen molar-refractivity contribution in [2.45, 2.75) is 20.3 Å². The van der Waals surface area contributed by atoms with E-state index in [4.69, 9.17) is 0 Å². The van der Waals surface area contributed by atoms with Crippen LogP contribution in [0.25, 0.3) is 0 Å². The van der Waals surface area contributed by atoms with Gasteiger partial charge in [0.15, 0.2) is 0 Å². The Balaban J connectivity index is 2.92. The number of rotatable bonds is 4. The molecule has 1 aromatic carbocycles. The van der Waals surface area contributed by atoms with Crippen LogP contribution in [0.4, 0.5) is 4.39 Å². The quantitative estimate of drug-likeness (QED) is 0.711. The number of aryl methyl sites for hydroxylation is 1. The average molecular weight is 338 g/mol. The number of alkyl halides is 2. The predicted molar refractivity (Wildman–Crippen MR) is 70.5 cm³/mol. The molecule has 0 atom stereocenters. The molecule has 1 rings (SSSR count). The van der Waals surface area contributed by atoms with Gasteiger partial charge in [0.05, 0.1) is 0 Å². The first-order valence-electron chi connectivity index (χ1n) is 4.88. The lowest BCUT2D eigenvalue weighted by molar-refractivity contribution is 0.436. The van der Waals surface area contributed by atoms with Crippen molar-refractivity contribution in [3.05, 3.63) is 35.1 Å². The first-order chi connectivity index (χ1) is 7.00. The topological polar surface area (TPSA) is 0 Å². The van der Waals surface area contributed by atoms with Crippen LogP contribution in [0.3, 0.4) is 0 Å². The Hall–Kier alpha value is 0.110. The summed E-state index contributed by atoms with van der Waals surface area (Å²) in [6.07, 6.45) is 0.882. The minimum absolute atomic E-state index is 0.137. The lowest BCUT2D eigenvalue weighted by atomic mass is 9.86. The van der Waals surface area contributed by atoms with Gasteiger partial charge >= 0.3 is 0 Å². The van der Waals surface area contributed by atoms with Crippen LogP contribution in [0.1, 0.15) is 18.1 Å². The number of benzene rings is 1. The van der Waals surface area contributed by atoms with Gasteiger partial charge in [-0.15, -0.1) is 0 Å². The number of hydrogen-bond acceptors (Lipinski definition) is 0. The summed E-state index contributed by atoms with van der Waals surface area (Å²) in [5.74, 6) is -0.151. The van der Waals surface area contributed by atoms with Gasteiger partial charge in [0, 0.05) is 10.7 Å². The van der Waals surface area contributed by atoms with Crippen LogP contribution in [-0.4, -0.2) is 10.7 Å². The van der Waals surface area contributed by atoms with Gasteiger partial charge in [-0.25, -0.2) is 4.39 Å². The van der Waals surface area contributed by atoms with E-state index in [2.05, 4.69) is 38.8 Å². The highest BCUT2D eigenvalue weighted by Crippen LogP contribution is 2.28. The number of halogens is 3. The summed E-state index contributed by atoms with van der Waals surface area (Å²) >= 11 is 7.02. The smallest absolute Gasteiger partial charge is 0.123 e. The molecule has 0 fully saturated rings. The van der Waals surface area contributed by atoms with Crippen molar-refractivity contribution < 1.29 is 4.39 Å². The monoisotopic (exact) mass is 336 g/mol. The second-order valence-corrected chi connectivity index (χ2v) is 5.45. The van der Waals surface area contributed by atoms with Crippen LogP contribution >= 0.6 is 31.9 Å². The van der Waals surface area contributed by atoms with E-state index < -0.39 is 0 Å². The summed E-state index contributed by atoms with van der Waals surface area (Å²) in [5.41, 5.74) is 2.39. The van der Waals surface area contributed by atoms with Crippen molar-refractivity contribution in [2.24, 2.45) is 5.41 Å². The lowest BCUT2D eigenvalue weighted by Crippen LogP contribution is -2.23. The zero-order valence-electron chi connectivity index (χ0n) is 8.99. The van der Waals surface area contributed by atoms with Gasteiger partial charge < -0.3 is 0 Å². The zero-order chi connectivity index (χ0) is 11.5. The van der Waals surface area contributed by atoms with Gasteiger partial charge in [-0.1, -0.05) is 44.8 Å². The zero-order valence-corrected chi connectivity index (χ0v) is 12.2. The maximum absolute atomic E-state index is 13.1. The highest BCUT2D eigenvalue weighted by atomic mass is 79.9. The van der Waals surface area contributed by atoms with Gasteiger partial charge in [0.1, 0.15) is 5.82 Å². The van der Waals surface area contributed by atoms with E-state index >= 15 is 0 Å². The van der Waals surface area contributed by atoms with E-state index in [0.29, 0.717) is 0 Å². The van der Waals surface area contributed by atoms with Crippen molar-refractivity contribution in [3.8, 4) is 0 Å². The van der Waals surface area contributed by atoms with Crippen LogP contribution in [-0.2, 0) is 6.42 Å². The van der Waals surface area contributed by atoms with Crippen LogP contribution in [0, 0.1) is 18.2 Å². The molecule has 0 radical (unpaired) electrons. The molecule has 0 amide bonds. The molecule has 0 unspecified atom stereocenters. The van der Waals surface area contributed by atoms with E-state index in [1.54, 1.807) is 6.07 Å². The number of hydrogen-bond donors (Lipinski definition) is 0. The molecule has 15 heavy (non-hydrogen) atoms. The molecule has 0 aliphatic carbocycles. The Labute approximate surface area is 108 Å². The third-order valence-electron chi connectivity index (χ3n) is 2.57. The fourth-order valence-electron chi connectivity index (χ4n) is 1.42. The molecule has 0 spiro atoms. The van der Waals surface area contributed by atoms with Gasteiger partial charge in [-0.05, 0) is 42.0 Å². The Morgan fingerprint density at radius 3 is 2.40 bits per heavy atom. The van der Waals surface area contributed by atoms with Crippen molar-refractivity contribution in [2.75, 3.05) is 10.7 Å². The Morgan fingerprint density at radius 2 is 1.87 bits per heavy atom. The third-order valence-corrected chi connectivity index (χ3v) is 5.28. The summed E-state index contributed by atoms with van der Waals surface area (Å²) < 4.78 is 13.1. The van der Waals surface area contributed by atoms with Crippen LogP contribution in [0.15, 0.2) is 18.2 Å². The van der Waals surface area contributed by atoms with Gasteiger partial charge in [0.25, 0.3) is 0 Å². The van der Waals surface area contributed by atoms with Crippen LogP contribution < -0.4 is 0 Å². The molecule has 0 aliphatic rings. The van der Waals surface area contributed by atoms with Crippen molar-refractivity contribution in [1.29, 1.82) is 0 Å². The minimum Gasteiger partial charge on any atom is -0.207 e. The fourth-order valence-corrected chi connectivity index (χ4v) is 2.75. The maximum atomic E-state index is 13.1. The molecule has 0 heterocycles. The fraction of sp³-hybridized carbons (Fsp3) is 0.500. The summed E-state index contributed by atoms with van der Waals surface area (Å²) in [6.45, 7) is 4.21. The first kappa shape index (κ1) is 13.2. The van der Waals surface area contributed by atoms with Crippen LogP contribution in [0.5, 0.6) is 0 Å². The van der Waals surface area contributed by atoms with E-state index in [1.165, 1.54) is 6.07 Å². The summed E-state index contributed by atoms with van der Waals surface area (Å²) in [5, 5.41) is 1.81. The first-order valence-corrected chi connectivity index (χ1v) is 7.12.